The molecule has 3 aromatic rings. The van der Waals surface area contributed by atoms with Crippen LogP contribution in [0.2, 0.25) is 0 Å². The van der Waals surface area contributed by atoms with Gasteiger partial charge in [-0.05, 0) is 63.1 Å². The second-order valence-electron chi connectivity index (χ2n) is 8.16. The number of rotatable bonds is 8. The van der Waals surface area contributed by atoms with Gasteiger partial charge in [0.2, 0.25) is 5.91 Å². The monoisotopic (exact) mass is 438 g/mol. The summed E-state index contributed by atoms with van der Waals surface area (Å²) in [5, 5.41) is 9.29. The molecule has 0 N–H and O–H groups in total. The summed E-state index contributed by atoms with van der Waals surface area (Å²) in [6.45, 7) is 6.61. The molecule has 164 valence electrons. The minimum Gasteiger partial charge on any atom is -0.461 e. The van der Waals surface area contributed by atoms with Gasteiger partial charge in [-0.15, -0.1) is 10.2 Å². The standard InChI is InChI=1S/C24H30N4O2S/c1-3-28-23(21-5-4-16-30-21)25-26-24(28)31-17-22(29)27-14-12-20(13-15-27)11-10-19-8-6-18(2)7-9-19/h4-9,16,20H,3,10-15,17H2,1-2H3. The van der Waals surface area contributed by atoms with Crippen molar-refractivity contribution >= 4 is 17.7 Å². The van der Waals surface area contributed by atoms with E-state index in [1.807, 2.05) is 28.5 Å². The number of likely N-dealkylation sites (tertiary alicyclic amines) is 1. The number of aryl methyl sites for hydroxylation is 2. The number of piperidine rings is 1. The lowest BCUT2D eigenvalue weighted by molar-refractivity contribution is -0.129. The Hall–Kier alpha value is -2.54. The summed E-state index contributed by atoms with van der Waals surface area (Å²) >= 11 is 1.46. The molecule has 4 rings (SSSR count). The summed E-state index contributed by atoms with van der Waals surface area (Å²) < 4.78 is 7.45. The van der Waals surface area contributed by atoms with Crippen molar-refractivity contribution in [3.05, 3.63) is 53.8 Å². The predicted octanol–water partition coefficient (Wildman–Crippen LogP) is 4.83. The highest BCUT2D eigenvalue weighted by Gasteiger charge is 2.24. The molecule has 0 aliphatic carbocycles. The van der Waals surface area contributed by atoms with Gasteiger partial charge in [0.15, 0.2) is 16.7 Å². The maximum absolute atomic E-state index is 12.8. The van der Waals surface area contributed by atoms with Crippen molar-refractivity contribution in [1.29, 1.82) is 0 Å². The zero-order valence-electron chi connectivity index (χ0n) is 18.3. The molecule has 1 aromatic carbocycles. The topological polar surface area (TPSA) is 64.2 Å². The quantitative estimate of drug-likeness (QED) is 0.471. The maximum Gasteiger partial charge on any atom is 0.233 e. The van der Waals surface area contributed by atoms with Gasteiger partial charge in [0.05, 0.1) is 12.0 Å². The molecule has 2 aromatic heterocycles. The number of hydrogen-bond acceptors (Lipinski definition) is 5. The van der Waals surface area contributed by atoms with Crippen molar-refractivity contribution in [3.63, 3.8) is 0 Å². The van der Waals surface area contributed by atoms with Crippen LogP contribution in [0.25, 0.3) is 11.6 Å². The molecule has 1 fully saturated rings. The number of carbonyl (C=O) groups excluding carboxylic acids is 1. The van der Waals surface area contributed by atoms with Gasteiger partial charge in [-0.25, -0.2) is 0 Å². The fourth-order valence-corrected chi connectivity index (χ4v) is 4.99. The molecule has 1 aliphatic heterocycles. The molecule has 0 bridgehead atoms. The lowest BCUT2D eigenvalue weighted by atomic mass is 9.90. The SMILES string of the molecule is CCn1c(SCC(=O)N2CCC(CCc3ccc(C)cc3)CC2)nnc1-c1ccco1. The number of amides is 1. The first kappa shape index (κ1) is 21.7. The molecule has 1 aliphatic rings. The first-order chi connectivity index (χ1) is 15.1. The summed E-state index contributed by atoms with van der Waals surface area (Å²) in [4.78, 5) is 14.8. The largest absolute Gasteiger partial charge is 0.461 e. The van der Waals surface area contributed by atoms with Gasteiger partial charge in [0.25, 0.3) is 0 Å². The molecule has 31 heavy (non-hydrogen) atoms. The fourth-order valence-electron chi connectivity index (χ4n) is 4.08. The van der Waals surface area contributed by atoms with Crippen LogP contribution in [0.4, 0.5) is 0 Å². The van der Waals surface area contributed by atoms with Gasteiger partial charge in [-0.1, -0.05) is 41.6 Å². The number of hydrogen-bond donors (Lipinski definition) is 0. The van der Waals surface area contributed by atoms with E-state index in [-0.39, 0.29) is 5.91 Å². The summed E-state index contributed by atoms with van der Waals surface area (Å²) in [7, 11) is 0. The number of benzene rings is 1. The van der Waals surface area contributed by atoms with E-state index >= 15 is 0 Å². The first-order valence-electron chi connectivity index (χ1n) is 11.1. The van der Waals surface area contributed by atoms with Crippen LogP contribution in [0, 0.1) is 12.8 Å². The highest BCUT2D eigenvalue weighted by atomic mass is 32.2. The van der Waals surface area contributed by atoms with E-state index in [4.69, 9.17) is 4.42 Å². The third kappa shape index (κ3) is 5.39. The van der Waals surface area contributed by atoms with E-state index in [2.05, 4.69) is 41.4 Å². The molecule has 6 nitrogen and oxygen atoms in total. The lowest BCUT2D eigenvalue weighted by Gasteiger charge is -2.32. The van der Waals surface area contributed by atoms with E-state index in [0.717, 1.165) is 44.1 Å². The highest BCUT2D eigenvalue weighted by molar-refractivity contribution is 7.99. The second kappa shape index (κ2) is 10.2. The maximum atomic E-state index is 12.8. The van der Waals surface area contributed by atoms with Crippen LogP contribution >= 0.6 is 11.8 Å². The Morgan fingerprint density at radius 3 is 2.61 bits per heavy atom. The number of thioether (sulfide) groups is 1. The Morgan fingerprint density at radius 1 is 1.16 bits per heavy atom. The summed E-state index contributed by atoms with van der Waals surface area (Å²) in [6, 6.07) is 12.6. The average molecular weight is 439 g/mol. The molecule has 1 saturated heterocycles. The normalized spacial score (nSPS) is 14.8. The third-order valence-electron chi connectivity index (χ3n) is 6.03. The van der Waals surface area contributed by atoms with Crippen LogP contribution in [0.3, 0.4) is 0 Å². The van der Waals surface area contributed by atoms with Crippen molar-refractivity contribution in [2.24, 2.45) is 5.92 Å². The predicted molar refractivity (Wildman–Crippen MR) is 123 cm³/mol. The summed E-state index contributed by atoms with van der Waals surface area (Å²) in [5.74, 6) is 2.69. The molecular formula is C24H30N4O2S. The molecule has 1 amide bonds. The molecule has 0 radical (unpaired) electrons. The van der Waals surface area contributed by atoms with Gasteiger partial charge < -0.3 is 9.32 Å². The first-order valence-corrected chi connectivity index (χ1v) is 12.1. The Balaban J connectivity index is 1.24. The van der Waals surface area contributed by atoms with E-state index in [1.54, 1.807) is 6.26 Å². The van der Waals surface area contributed by atoms with Crippen LogP contribution in [-0.4, -0.2) is 44.4 Å². The van der Waals surface area contributed by atoms with Crippen molar-refractivity contribution in [2.75, 3.05) is 18.8 Å². The molecule has 0 saturated carbocycles. The van der Waals surface area contributed by atoms with Crippen LogP contribution in [0.15, 0.2) is 52.2 Å². The van der Waals surface area contributed by atoms with Crippen molar-refractivity contribution in [1.82, 2.24) is 19.7 Å². The van der Waals surface area contributed by atoms with Crippen LogP contribution in [-0.2, 0) is 17.8 Å². The minimum atomic E-state index is 0.187. The zero-order chi connectivity index (χ0) is 21.6. The third-order valence-corrected chi connectivity index (χ3v) is 6.98. The molecule has 3 heterocycles. The molecule has 0 spiro atoms. The fraction of sp³-hybridized carbons (Fsp3) is 0.458. The van der Waals surface area contributed by atoms with Crippen LogP contribution in [0.1, 0.15) is 37.3 Å². The number of furan rings is 1. The van der Waals surface area contributed by atoms with Crippen molar-refractivity contribution < 1.29 is 9.21 Å². The Morgan fingerprint density at radius 2 is 1.94 bits per heavy atom. The van der Waals surface area contributed by atoms with E-state index in [1.165, 1.54) is 29.3 Å². The number of aromatic nitrogens is 3. The summed E-state index contributed by atoms with van der Waals surface area (Å²) in [5.41, 5.74) is 2.72. The van der Waals surface area contributed by atoms with Crippen molar-refractivity contribution in [3.8, 4) is 11.6 Å². The van der Waals surface area contributed by atoms with E-state index in [0.29, 0.717) is 23.3 Å². The highest BCUT2D eigenvalue weighted by Crippen LogP contribution is 2.26. The molecule has 0 atom stereocenters. The lowest BCUT2D eigenvalue weighted by Crippen LogP contribution is -2.39. The van der Waals surface area contributed by atoms with Gasteiger partial charge in [-0.2, -0.15) is 0 Å². The number of carbonyl (C=O) groups is 1. The Labute approximate surface area is 188 Å². The van der Waals surface area contributed by atoms with Crippen LogP contribution < -0.4 is 0 Å². The van der Waals surface area contributed by atoms with Gasteiger partial charge in [0, 0.05) is 19.6 Å². The smallest absolute Gasteiger partial charge is 0.233 e. The van der Waals surface area contributed by atoms with E-state index < -0.39 is 0 Å². The molecule has 7 heteroatoms. The average Bonchev–Trinajstić information content (AvgIpc) is 3.47. The van der Waals surface area contributed by atoms with Gasteiger partial charge in [0.1, 0.15) is 0 Å². The number of nitrogens with zero attached hydrogens (tertiary/aromatic N) is 4. The van der Waals surface area contributed by atoms with E-state index in [9.17, 15) is 4.79 Å². The Kier molecular flexibility index (Phi) is 7.12. The van der Waals surface area contributed by atoms with Crippen molar-refractivity contribution in [2.45, 2.75) is 51.2 Å². The molecular weight excluding hydrogens is 408 g/mol. The zero-order valence-corrected chi connectivity index (χ0v) is 19.1. The summed E-state index contributed by atoms with van der Waals surface area (Å²) in [6.07, 6.45) is 6.14. The second-order valence-corrected chi connectivity index (χ2v) is 9.11. The van der Waals surface area contributed by atoms with Gasteiger partial charge in [-0.3, -0.25) is 9.36 Å². The molecule has 0 unspecified atom stereocenters. The minimum absolute atomic E-state index is 0.187. The van der Waals surface area contributed by atoms with Gasteiger partial charge >= 0.3 is 0 Å². The van der Waals surface area contributed by atoms with Crippen LogP contribution in [0.5, 0.6) is 0 Å². The Bertz CT molecular complexity index is 974.